The van der Waals surface area contributed by atoms with E-state index in [1.807, 2.05) is 0 Å². The topological polar surface area (TPSA) is 57.6 Å². The van der Waals surface area contributed by atoms with Crippen LogP contribution >= 0.6 is 0 Å². The molecular weight excluding hydrogens is 256 g/mol. The standard InChI is InChI=1S/C14H16FNO3.Li.H/c15-12-3-1-10(2-4-12)9-13(17)16-7-5-11(6-8-16)14(18)19;;/h1-4,11H,5-9H2,(H,18,19);;. The van der Waals surface area contributed by atoms with E-state index >= 15 is 0 Å². The van der Waals surface area contributed by atoms with Crippen LogP contribution in [0.2, 0.25) is 0 Å². The fourth-order valence-corrected chi connectivity index (χ4v) is 2.26. The van der Waals surface area contributed by atoms with Crippen LogP contribution in [-0.4, -0.2) is 53.8 Å². The van der Waals surface area contributed by atoms with Gasteiger partial charge in [0.2, 0.25) is 5.91 Å². The molecule has 0 aromatic heterocycles. The summed E-state index contributed by atoms with van der Waals surface area (Å²) >= 11 is 0. The Balaban J connectivity index is 0.00000200. The maximum atomic E-state index is 12.7. The van der Waals surface area contributed by atoms with Crippen molar-refractivity contribution in [2.24, 2.45) is 5.92 Å². The van der Waals surface area contributed by atoms with Gasteiger partial charge < -0.3 is 10.0 Å². The molecule has 1 aliphatic heterocycles. The Kier molecular flexibility index (Phi) is 6.25. The first-order valence-electron chi connectivity index (χ1n) is 6.31. The van der Waals surface area contributed by atoms with Gasteiger partial charge >= 0.3 is 24.8 Å². The van der Waals surface area contributed by atoms with Gasteiger partial charge in [-0.05, 0) is 30.5 Å². The number of piperidine rings is 1. The molecule has 1 fully saturated rings. The number of carbonyl (C=O) groups excluding carboxylic acids is 1. The molecule has 0 saturated carbocycles. The van der Waals surface area contributed by atoms with Crippen LogP contribution in [0.15, 0.2) is 24.3 Å². The Hall–Kier alpha value is -1.31. The van der Waals surface area contributed by atoms with E-state index in [-0.39, 0.29) is 42.9 Å². The number of carboxylic acids is 1. The maximum absolute atomic E-state index is 12.7. The normalized spacial score (nSPS) is 15.6. The van der Waals surface area contributed by atoms with Crippen LogP contribution in [0.1, 0.15) is 18.4 Å². The van der Waals surface area contributed by atoms with Gasteiger partial charge in [-0.1, -0.05) is 12.1 Å². The van der Waals surface area contributed by atoms with Gasteiger partial charge in [-0.25, -0.2) is 4.39 Å². The molecule has 1 N–H and O–H groups in total. The number of halogens is 1. The molecule has 1 amide bonds. The molecule has 0 aliphatic carbocycles. The summed E-state index contributed by atoms with van der Waals surface area (Å²) in [6.45, 7) is 0.966. The van der Waals surface area contributed by atoms with Crippen LogP contribution in [0.25, 0.3) is 0 Å². The number of amides is 1. The molecule has 6 heteroatoms. The van der Waals surface area contributed by atoms with Crippen molar-refractivity contribution in [3.63, 3.8) is 0 Å². The second-order valence-electron chi connectivity index (χ2n) is 4.80. The average molecular weight is 273 g/mol. The number of carbonyl (C=O) groups is 2. The summed E-state index contributed by atoms with van der Waals surface area (Å²) in [4.78, 5) is 24.5. The first-order valence-corrected chi connectivity index (χ1v) is 6.31. The number of rotatable bonds is 3. The molecule has 1 saturated heterocycles. The van der Waals surface area contributed by atoms with Crippen LogP contribution in [0.5, 0.6) is 0 Å². The summed E-state index contributed by atoms with van der Waals surface area (Å²) in [5, 5.41) is 8.89. The molecule has 1 aromatic carbocycles. The molecule has 0 radical (unpaired) electrons. The van der Waals surface area contributed by atoms with Gasteiger partial charge in [-0.3, -0.25) is 9.59 Å². The van der Waals surface area contributed by atoms with E-state index in [1.165, 1.54) is 12.1 Å². The summed E-state index contributed by atoms with van der Waals surface area (Å²) < 4.78 is 12.7. The zero-order chi connectivity index (χ0) is 13.8. The average Bonchev–Trinajstić information content (AvgIpc) is 2.41. The van der Waals surface area contributed by atoms with E-state index in [0.717, 1.165) is 5.56 Å². The van der Waals surface area contributed by atoms with Crippen molar-refractivity contribution in [1.82, 2.24) is 4.90 Å². The third-order valence-electron chi connectivity index (χ3n) is 3.47. The predicted molar refractivity (Wildman–Crippen MR) is 74.2 cm³/mol. The SMILES string of the molecule is O=C(O)C1CCN(C(=O)Cc2ccc(F)cc2)CC1.[LiH]. The minimum atomic E-state index is -0.786. The second-order valence-corrected chi connectivity index (χ2v) is 4.80. The monoisotopic (exact) mass is 273 g/mol. The van der Waals surface area contributed by atoms with Gasteiger partial charge in [0, 0.05) is 13.1 Å². The third kappa shape index (κ3) is 4.36. The first-order chi connectivity index (χ1) is 9.06. The van der Waals surface area contributed by atoms with Crippen molar-refractivity contribution < 1.29 is 19.1 Å². The molecule has 0 atom stereocenters. The van der Waals surface area contributed by atoms with E-state index < -0.39 is 5.97 Å². The fourth-order valence-electron chi connectivity index (χ4n) is 2.26. The van der Waals surface area contributed by atoms with Crippen LogP contribution in [0.4, 0.5) is 4.39 Å². The van der Waals surface area contributed by atoms with E-state index in [0.29, 0.717) is 25.9 Å². The van der Waals surface area contributed by atoms with Crippen molar-refractivity contribution in [3.8, 4) is 0 Å². The second kappa shape index (κ2) is 7.46. The van der Waals surface area contributed by atoms with Crippen LogP contribution in [0, 0.1) is 11.7 Å². The Morgan fingerprint density at radius 1 is 1.20 bits per heavy atom. The molecule has 0 unspecified atom stereocenters. The van der Waals surface area contributed by atoms with E-state index in [9.17, 15) is 14.0 Å². The van der Waals surface area contributed by atoms with E-state index in [4.69, 9.17) is 5.11 Å². The van der Waals surface area contributed by atoms with Crippen molar-refractivity contribution >= 4 is 30.7 Å². The summed E-state index contributed by atoms with van der Waals surface area (Å²) in [6, 6.07) is 5.85. The number of hydrogen-bond donors (Lipinski definition) is 1. The molecule has 2 rings (SSSR count). The predicted octanol–water partition coefficient (Wildman–Crippen LogP) is 1.04. The molecule has 0 spiro atoms. The quantitative estimate of drug-likeness (QED) is 0.837. The van der Waals surface area contributed by atoms with Crippen LogP contribution < -0.4 is 0 Å². The summed E-state index contributed by atoms with van der Waals surface area (Å²) in [6.07, 6.45) is 1.24. The first kappa shape index (κ1) is 16.7. The fraction of sp³-hybridized carbons (Fsp3) is 0.429. The summed E-state index contributed by atoms with van der Waals surface area (Å²) in [5.74, 6) is -1.48. The van der Waals surface area contributed by atoms with E-state index in [1.54, 1.807) is 17.0 Å². The Morgan fingerprint density at radius 2 is 1.75 bits per heavy atom. The number of carboxylic acid groups (broad SMARTS) is 1. The minimum absolute atomic E-state index is 0. The van der Waals surface area contributed by atoms with Gasteiger partial charge in [-0.2, -0.15) is 0 Å². The number of nitrogens with zero attached hydrogens (tertiary/aromatic N) is 1. The molecular formula is C14H17FLiNO3. The molecule has 1 aliphatic rings. The van der Waals surface area contributed by atoms with Gasteiger partial charge in [0.05, 0.1) is 12.3 Å². The van der Waals surface area contributed by atoms with Crippen molar-refractivity contribution in [1.29, 1.82) is 0 Å². The Labute approximate surface area is 129 Å². The van der Waals surface area contributed by atoms with Gasteiger partial charge in [0.15, 0.2) is 0 Å². The molecule has 104 valence electrons. The summed E-state index contributed by atoms with van der Waals surface area (Å²) in [7, 11) is 0. The zero-order valence-electron chi connectivity index (χ0n) is 10.5. The number of aliphatic carboxylic acids is 1. The van der Waals surface area contributed by atoms with Gasteiger partial charge in [0.25, 0.3) is 0 Å². The molecule has 20 heavy (non-hydrogen) atoms. The molecule has 1 aromatic rings. The number of likely N-dealkylation sites (tertiary alicyclic amines) is 1. The van der Waals surface area contributed by atoms with Crippen LogP contribution in [-0.2, 0) is 16.0 Å². The number of hydrogen-bond acceptors (Lipinski definition) is 2. The third-order valence-corrected chi connectivity index (χ3v) is 3.47. The molecule has 0 bridgehead atoms. The van der Waals surface area contributed by atoms with E-state index in [2.05, 4.69) is 0 Å². The van der Waals surface area contributed by atoms with Crippen molar-refractivity contribution in [2.75, 3.05) is 13.1 Å². The van der Waals surface area contributed by atoms with Crippen LogP contribution in [0.3, 0.4) is 0 Å². The van der Waals surface area contributed by atoms with Gasteiger partial charge in [0.1, 0.15) is 5.82 Å². The number of benzene rings is 1. The van der Waals surface area contributed by atoms with Crippen molar-refractivity contribution in [3.05, 3.63) is 35.6 Å². The molecule has 4 nitrogen and oxygen atoms in total. The zero-order valence-corrected chi connectivity index (χ0v) is 10.5. The Morgan fingerprint density at radius 3 is 2.25 bits per heavy atom. The van der Waals surface area contributed by atoms with Crippen molar-refractivity contribution in [2.45, 2.75) is 19.3 Å². The summed E-state index contributed by atoms with van der Waals surface area (Å²) in [5.41, 5.74) is 0.770. The Bertz CT molecular complexity index is 470. The molecule has 1 heterocycles. The van der Waals surface area contributed by atoms with Gasteiger partial charge in [-0.15, -0.1) is 0 Å².